The van der Waals surface area contributed by atoms with Gasteiger partial charge in [-0.05, 0) is 0 Å². The molecule has 2 aliphatic carbocycles. The predicted octanol–water partition coefficient (Wildman–Crippen LogP) is 0.635. The number of allylic oxidation sites excluding steroid dienone is 5. The fourth-order valence-electron chi connectivity index (χ4n) is 4.48. The smallest absolute Gasteiger partial charge is 1.00 e. The minimum Gasteiger partial charge on any atom is -1.00 e. The van der Waals surface area contributed by atoms with Crippen LogP contribution in [0, 0.1) is 13.8 Å². The zero-order valence-corrected chi connectivity index (χ0v) is 21.9. The molecule has 3 aromatic rings. The van der Waals surface area contributed by atoms with Crippen LogP contribution >= 0.6 is 0 Å². The zero-order valence-electron chi connectivity index (χ0n) is 16.8. The monoisotopic (exact) mass is 587 g/mol. The van der Waals surface area contributed by atoms with Crippen molar-refractivity contribution in [3.63, 3.8) is 0 Å². The van der Waals surface area contributed by atoms with Crippen LogP contribution in [-0.2, 0) is 22.9 Å². The Hall–Kier alpha value is -1.35. The van der Waals surface area contributed by atoms with Crippen molar-refractivity contribution in [1.29, 1.82) is 0 Å². The molecule has 4 heteroatoms. The molecule has 0 aliphatic heterocycles. The third-order valence-corrected chi connectivity index (χ3v) is 12.7. The van der Waals surface area contributed by atoms with Gasteiger partial charge in [-0.25, -0.2) is 0 Å². The van der Waals surface area contributed by atoms with E-state index in [4.69, 9.17) is 0 Å². The van der Waals surface area contributed by atoms with E-state index in [0.717, 1.165) is 0 Å². The molecule has 2 aromatic carbocycles. The standard InChI is InChI=1S/C19H16N.C6H7.2ClH.Hf/c1-13-14(2)20(19-10-6-5-9-18(13)19)17-11-15-7-3-4-8-16(15)12-17;1-6-4-2-3-5-6;;;/h3-12H,1-2H3;2,4H,3H2,1H3;2*1H;/q;;;;+2/p-2. The number of aromatic nitrogens is 1. The Kier molecular flexibility index (Phi) is 6.77. The molecule has 1 unspecified atom stereocenters. The summed E-state index contributed by atoms with van der Waals surface area (Å²) >= 11 is -1.04. The largest absolute Gasteiger partial charge is 1.00 e. The molecule has 1 aromatic heterocycles. The Balaban J connectivity index is 0.00000120. The van der Waals surface area contributed by atoms with Crippen LogP contribution in [0.2, 0.25) is 0 Å². The van der Waals surface area contributed by atoms with Crippen molar-refractivity contribution in [2.75, 3.05) is 0 Å². The van der Waals surface area contributed by atoms with Gasteiger partial charge in [-0.3, -0.25) is 0 Å². The minimum atomic E-state index is -1.04. The van der Waals surface area contributed by atoms with Crippen molar-refractivity contribution in [2.24, 2.45) is 0 Å². The van der Waals surface area contributed by atoms with Gasteiger partial charge in [0.2, 0.25) is 0 Å². The van der Waals surface area contributed by atoms with E-state index >= 15 is 0 Å². The summed E-state index contributed by atoms with van der Waals surface area (Å²) < 4.78 is 4.94. The molecule has 1 nitrogen and oxygen atoms in total. The molecular weight excluding hydrogens is 564 g/mol. The van der Waals surface area contributed by atoms with E-state index in [1.165, 1.54) is 45.4 Å². The number of aryl methyl sites for hydroxylation is 1. The molecule has 0 saturated carbocycles. The van der Waals surface area contributed by atoms with Gasteiger partial charge in [-0.15, -0.1) is 0 Å². The first kappa shape index (κ1) is 22.3. The average molecular weight is 587 g/mol. The summed E-state index contributed by atoms with van der Waals surface area (Å²) in [6.07, 6.45) is 8.32. The molecule has 0 bridgehead atoms. The van der Waals surface area contributed by atoms with Crippen molar-refractivity contribution in [3.05, 3.63) is 92.0 Å². The Labute approximate surface area is 196 Å². The van der Waals surface area contributed by atoms with Gasteiger partial charge in [0.1, 0.15) is 0 Å². The molecule has 0 N–H and O–H groups in total. The third kappa shape index (κ3) is 3.65. The molecule has 0 saturated heterocycles. The second kappa shape index (κ2) is 8.79. The topological polar surface area (TPSA) is 4.93 Å². The van der Waals surface area contributed by atoms with Gasteiger partial charge in [0.05, 0.1) is 0 Å². The van der Waals surface area contributed by atoms with Gasteiger partial charge in [-0.1, -0.05) is 0 Å². The number of hydrogen-bond acceptors (Lipinski definition) is 0. The Morgan fingerprint density at radius 3 is 2.41 bits per heavy atom. The summed E-state index contributed by atoms with van der Waals surface area (Å²) in [5, 5.41) is 1.39. The van der Waals surface area contributed by atoms with Crippen LogP contribution in [0.5, 0.6) is 0 Å². The van der Waals surface area contributed by atoms with Gasteiger partial charge < -0.3 is 24.8 Å². The normalized spacial score (nSPS) is 16.9. The van der Waals surface area contributed by atoms with Crippen LogP contribution in [0.15, 0.2) is 69.6 Å². The van der Waals surface area contributed by atoms with E-state index in [9.17, 15) is 0 Å². The fraction of sp³-hybridized carbons (Fsp3) is 0.200. The number of benzene rings is 2. The van der Waals surface area contributed by atoms with Crippen molar-refractivity contribution in [3.8, 4) is 0 Å². The first-order valence-electron chi connectivity index (χ1n) is 9.65. The third-order valence-electron chi connectivity index (χ3n) is 6.08. The van der Waals surface area contributed by atoms with Crippen LogP contribution in [0.25, 0.3) is 22.7 Å². The molecule has 2 aliphatic rings. The maximum Gasteiger partial charge on any atom is -1.00 e. The van der Waals surface area contributed by atoms with Crippen molar-refractivity contribution in [1.82, 2.24) is 4.57 Å². The van der Waals surface area contributed by atoms with Crippen molar-refractivity contribution in [2.45, 2.75) is 30.9 Å². The quantitative estimate of drug-likeness (QED) is 0.397. The van der Waals surface area contributed by atoms with E-state index in [2.05, 4.69) is 92.1 Å². The van der Waals surface area contributed by atoms with Crippen LogP contribution in [0.1, 0.15) is 39.4 Å². The Morgan fingerprint density at radius 1 is 0.931 bits per heavy atom. The molecule has 1 atom stereocenters. The summed E-state index contributed by atoms with van der Waals surface area (Å²) in [6.45, 7) is 6.85. The fourth-order valence-corrected chi connectivity index (χ4v) is 10.5. The molecule has 0 fully saturated rings. The van der Waals surface area contributed by atoms with Crippen LogP contribution in [0.3, 0.4) is 0 Å². The maximum atomic E-state index is 2.56. The molecule has 1 heterocycles. The number of fused-ring (bicyclic) bond motifs is 2. The summed E-state index contributed by atoms with van der Waals surface area (Å²) in [5.41, 5.74) is 10.2. The second-order valence-electron chi connectivity index (χ2n) is 7.61. The van der Waals surface area contributed by atoms with E-state index in [1.807, 2.05) is 0 Å². The first-order chi connectivity index (χ1) is 13.1. The van der Waals surface area contributed by atoms with Crippen molar-refractivity contribution >= 4 is 22.7 Å². The number of para-hydroxylation sites is 1. The summed E-state index contributed by atoms with van der Waals surface area (Å²) in [6, 6.07) is 17.9. The first-order valence-corrected chi connectivity index (χ1v) is 13.5. The number of nitrogens with zero attached hydrogens (tertiary/aromatic N) is 1. The van der Waals surface area contributed by atoms with Crippen LogP contribution < -0.4 is 24.8 Å². The maximum absolute atomic E-state index is 2.56. The number of halogens is 2. The predicted molar refractivity (Wildman–Crippen MR) is 111 cm³/mol. The van der Waals surface area contributed by atoms with Crippen LogP contribution in [-0.4, -0.2) is 4.57 Å². The number of hydrogen-bond donors (Lipinski definition) is 0. The SMILES string of the molecule is CC1=[C]([Hf+2][CH]2C(n3c(C)c(C)c4ccccc43)=Cc3ccccc32)CC=C1.[Cl-].[Cl-]. The van der Waals surface area contributed by atoms with Gasteiger partial charge >= 0.3 is 173 Å². The summed E-state index contributed by atoms with van der Waals surface area (Å²) in [5.74, 6) is 0. The Bertz CT molecular complexity index is 1170. The second-order valence-corrected chi connectivity index (χ2v) is 12.9. The Morgan fingerprint density at radius 2 is 1.66 bits per heavy atom. The average Bonchev–Trinajstić information content (AvgIpc) is 3.32. The van der Waals surface area contributed by atoms with E-state index in [0.29, 0.717) is 3.67 Å². The molecule has 146 valence electrons. The minimum absolute atomic E-state index is 0. The summed E-state index contributed by atoms with van der Waals surface area (Å²) in [4.78, 5) is 0. The molecule has 0 spiro atoms. The van der Waals surface area contributed by atoms with Gasteiger partial charge in [0.25, 0.3) is 0 Å². The van der Waals surface area contributed by atoms with E-state index < -0.39 is 22.9 Å². The zero-order chi connectivity index (χ0) is 18.5. The van der Waals surface area contributed by atoms with Gasteiger partial charge in [0, 0.05) is 0 Å². The molecule has 5 rings (SSSR count). The molecular formula is C25H23Cl2HfN. The van der Waals surface area contributed by atoms with Crippen molar-refractivity contribution < 1.29 is 47.7 Å². The molecule has 0 amide bonds. The van der Waals surface area contributed by atoms with E-state index in [1.54, 1.807) is 8.89 Å². The molecule has 0 radical (unpaired) electrons. The van der Waals surface area contributed by atoms with E-state index in [-0.39, 0.29) is 24.8 Å². The number of rotatable bonds is 3. The van der Waals surface area contributed by atoms with Crippen LogP contribution in [0.4, 0.5) is 0 Å². The molecule has 29 heavy (non-hydrogen) atoms. The van der Waals surface area contributed by atoms with Gasteiger partial charge in [0.15, 0.2) is 0 Å². The van der Waals surface area contributed by atoms with Gasteiger partial charge in [-0.2, -0.15) is 0 Å². The summed E-state index contributed by atoms with van der Waals surface area (Å²) in [7, 11) is 0.